The molecule has 7 heteroatoms. The van der Waals surface area contributed by atoms with E-state index in [9.17, 15) is 13.5 Å². The number of pyridine rings is 1. The first kappa shape index (κ1) is 15.9. The Morgan fingerprint density at radius 2 is 1.84 bits per heavy atom. The molecule has 6 nitrogen and oxygen atoms in total. The molecule has 0 saturated carbocycles. The summed E-state index contributed by atoms with van der Waals surface area (Å²) in [4.78, 5) is 6.04. The maximum absolute atomic E-state index is 11.9. The topological polar surface area (TPSA) is 73.7 Å². The summed E-state index contributed by atoms with van der Waals surface area (Å²) in [6, 6.07) is 3.14. The van der Waals surface area contributed by atoms with E-state index in [0.29, 0.717) is 12.4 Å². The number of anilines is 1. The normalized spacial score (nSPS) is 12.8. The second kappa shape index (κ2) is 5.44. The molecule has 0 spiro atoms. The van der Waals surface area contributed by atoms with Gasteiger partial charge in [-0.1, -0.05) is 0 Å². The Morgan fingerprint density at radius 3 is 2.21 bits per heavy atom. The van der Waals surface area contributed by atoms with Crippen LogP contribution in [-0.2, 0) is 10.0 Å². The summed E-state index contributed by atoms with van der Waals surface area (Å²) >= 11 is 0. The molecule has 1 aromatic rings. The van der Waals surface area contributed by atoms with Gasteiger partial charge < -0.3 is 10.0 Å². The van der Waals surface area contributed by atoms with Gasteiger partial charge in [0.15, 0.2) is 0 Å². The Balaban J connectivity index is 2.95. The van der Waals surface area contributed by atoms with Crippen molar-refractivity contribution in [2.45, 2.75) is 24.3 Å². The van der Waals surface area contributed by atoms with Crippen LogP contribution in [0, 0.1) is 0 Å². The maximum Gasteiger partial charge on any atom is 0.244 e. The number of aromatic nitrogens is 1. The molecular weight excluding hydrogens is 266 g/mol. The minimum atomic E-state index is -3.45. The van der Waals surface area contributed by atoms with Crippen LogP contribution in [0.25, 0.3) is 0 Å². The van der Waals surface area contributed by atoms with Gasteiger partial charge in [0.1, 0.15) is 10.7 Å². The van der Waals surface area contributed by atoms with E-state index in [2.05, 4.69) is 4.98 Å². The van der Waals surface area contributed by atoms with Crippen LogP contribution in [0.3, 0.4) is 0 Å². The zero-order chi connectivity index (χ0) is 14.8. The maximum atomic E-state index is 11.9. The highest BCUT2D eigenvalue weighted by atomic mass is 32.2. The van der Waals surface area contributed by atoms with Gasteiger partial charge in [0, 0.05) is 33.9 Å². The van der Waals surface area contributed by atoms with Crippen molar-refractivity contribution < 1.29 is 13.5 Å². The van der Waals surface area contributed by atoms with Crippen molar-refractivity contribution >= 4 is 15.8 Å². The Hall–Kier alpha value is -1.18. The minimum absolute atomic E-state index is 0.151. The molecule has 19 heavy (non-hydrogen) atoms. The van der Waals surface area contributed by atoms with E-state index in [1.54, 1.807) is 31.9 Å². The molecule has 0 unspecified atom stereocenters. The molecule has 0 aliphatic carbocycles. The lowest BCUT2D eigenvalue weighted by Crippen LogP contribution is -2.36. The summed E-state index contributed by atoms with van der Waals surface area (Å²) in [5, 5.41) is 9.73. The van der Waals surface area contributed by atoms with E-state index in [-0.39, 0.29) is 4.90 Å². The lowest BCUT2D eigenvalue weighted by molar-refractivity contribution is 0.0884. The third-order valence-electron chi connectivity index (χ3n) is 2.51. The van der Waals surface area contributed by atoms with Crippen molar-refractivity contribution in [3.05, 3.63) is 18.3 Å². The Kier molecular flexibility index (Phi) is 4.54. The first-order valence-electron chi connectivity index (χ1n) is 5.86. The number of hydrogen-bond donors (Lipinski definition) is 1. The SMILES string of the molecule is CN(CC(C)(C)O)c1ccc(S(=O)(=O)N(C)C)cn1. The van der Waals surface area contributed by atoms with Crippen molar-refractivity contribution in [3.63, 3.8) is 0 Å². The third kappa shape index (κ3) is 4.15. The Morgan fingerprint density at radius 1 is 1.26 bits per heavy atom. The molecule has 1 N–H and O–H groups in total. The summed E-state index contributed by atoms with van der Waals surface area (Å²) in [5.74, 6) is 0.611. The van der Waals surface area contributed by atoms with Gasteiger partial charge in [-0.2, -0.15) is 0 Å². The van der Waals surface area contributed by atoms with Crippen LogP contribution in [0.4, 0.5) is 5.82 Å². The fraction of sp³-hybridized carbons (Fsp3) is 0.583. The predicted molar refractivity (Wildman–Crippen MR) is 74.7 cm³/mol. The molecule has 0 fully saturated rings. The van der Waals surface area contributed by atoms with Gasteiger partial charge in [-0.15, -0.1) is 0 Å². The summed E-state index contributed by atoms with van der Waals surface area (Å²) in [6.07, 6.45) is 1.32. The van der Waals surface area contributed by atoms with Gasteiger partial charge in [0.2, 0.25) is 10.0 Å². The molecule has 0 radical (unpaired) electrons. The first-order chi connectivity index (χ1) is 8.54. The van der Waals surface area contributed by atoms with E-state index in [4.69, 9.17) is 0 Å². The number of hydrogen-bond acceptors (Lipinski definition) is 5. The summed E-state index contributed by atoms with van der Waals surface area (Å²) in [7, 11) is 1.29. The van der Waals surface area contributed by atoms with Crippen LogP contribution in [0.5, 0.6) is 0 Å². The highest BCUT2D eigenvalue weighted by Gasteiger charge is 2.19. The lowest BCUT2D eigenvalue weighted by Gasteiger charge is -2.26. The fourth-order valence-corrected chi connectivity index (χ4v) is 2.47. The second-order valence-electron chi connectivity index (χ2n) is 5.31. The molecule has 0 bridgehead atoms. The van der Waals surface area contributed by atoms with Crippen molar-refractivity contribution in [1.82, 2.24) is 9.29 Å². The summed E-state index contributed by atoms with van der Waals surface area (Å²) < 4.78 is 24.9. The average Bonchev–Trinajstić information content (AvgIpc) is 2.26. The van der Waals surface area contributed by atoms with Crippen LogP contribution >= 0.6 is 0 Å². The average molecular weight is 287 g/mol. The molecule has 0 aliphatic rings. The quantitative estimate of drug-likeness (QED) is 0.855. The second-order valence-corrected chi connectivity index (χ2v) is 7.46. The summed E-state index contributed by atoms with van der Waals surface area (Å²) in [6.45, 7) is 3.81. The number of sulfonamides is 1. The van der Waals surface area contributed by atoms with E-state index in [1.165, 1.54) is 26.4 Å². The minimum Gasteiger partial charge on any atom is -0.389 e. The molecular formula is C12H21N3O3S. The van der Waals surface area contributed by atoms with Gasteiger partial charge in [0.05, 0.1) is 5.60 Å². The van der Waals surface area contributed by atoms with Crippen molar-refractivity contribution in [2.75, 3.05) is 32.6 Å². The van der Waals surface area contributed by atoms with E-state index in [0.717, 1.165) is 4.31 Å². The molecule has 0 aromatic carbocycles. The highest BCUT2D eigenvalue weighted by molar-refractivity contribution is 7.89. The van der Waals surface area contributed by atoms with Crippen LogP contribution < -0.4 is 4.90 Å². The summed E-state index contributed by atoms with van der Waals surface area (Å²) in [5.41, 5.74) is -0.842. The molecule has 0 aliphatic heterocycles. The fourth-order valence-electron chi connectivity index (χ4n) is 1.62. The number of nitrogens with zero attached hydrogens (tertiary/aromatic N) is 3. The molecule has 1 heterocycles. The first-order valence-corrected chi connectivity index (χ1v) is 7.30. The van der Waals surface area contributed by atoms with Crippen LogP contribution in [0.15, 0.2) is 23.2 Å². The van der Waals surface area contributed by atoms with Gasteiger partial charge in [-0.25, -0.2) is 17.7 Å². The molecule has 108 valence electrons. The monoisotopic (exact) mass is 287 g/mol. The molecule has 0 saturated heterocycles. The van der Waals surface area contributed by atoms with Gasteiger partial charge in [-0.05, 0) is 26.0 Å². The van der Waals surface area contributed by atoms with Crippen LogP contribution in [-0.4, -0.2) is 56.1 Å². The van der Waals surface area contributed by atoms with Gasteiger partial charge in [-0.3, -0.25) is 0 Å². The highest BCUT2D eigenvalue weighted by Crippen LogP contribution is 2.17. The molecule has 1 rings (SSSR count). The van der Waals surface area contributed by atoms with Gasteiger partial charge >= 0.3 is 0 Å². The van der Waals surface area contributed by atoms with E-state index >= 15 is 0 Å². The number of rotatable bonds is 5. The largest absolute Gasteiger partial charge is 0.389 e. The number of likely N-dealkylation sites (N-methyl/N-ethyl adjacent to an activating group) is 1. The van der Waals surface area contributed by atoms with Crippen molar-refractivity contribution in [2.24, 2.45) is 0 Å². The Bertz CT molecular complexity index is 518. The molecule has 0 amide bonds. The smallest absolute Gasteiger partial charge is 0.244 e. The zero-order valence-corrected chi connectivity index (χ0v) is 12.8. The molecule has 0 atom stereocenters. The third-order valence-corrected chi connectivity index (χ3v) is 4.31. The van der Waals surface area contributed by atoms with Crippen LogP contribution in [0.1, 0.15) is 13.8 Å². The van der Waals surface area contributed by atoms with Crippen LogP contribution in [0.2, 0.25) is 0 Å². The van der Waals surface area contributed by atoms with Crippen molar-refractivity contribution in [3.8, 4) is 0 Å². The number of aliphatic hydroxyl groups is 1. The van der Waals surface area contributed by atoms with E-state index < -0.39 is 15.6 Å². The van der Waals surface area contributed by atoms with Gasteiger partial charge in [0.25, 0.3) is 0 Å². The molecule has 1 aromatic heterocycles. The predicted octanol–water partition coefficient (Wildman–Crippen LogP) is 0.539. The lowest BCUT2D eigenvalue weighted by atomic mass is 10.1. The standard InChI is InChI=1S/C12H21N3O3S/c1-12(2,16)9-15(5)11-7-6-10(8-13-11)19(17,18)14(3)4/h6-8,16H,9H2,1-5H3. The van der Waals surface area contributed by atoms with Crippen molar-refractivity contribution in [1.29, 1.82) is 0 Å². The zero-order valence-electron chi connectivity index (χ0n) is 12.0. The van der Waals surface area contributed by atoms with E-state index in [1.807, 2.05) is 0 Å². The Labute approximate surface area is 114 Å².